The fourth-order valence-corrected chi connectivity index (χ4v) is 3.57. The Morgan fingerprint density at radius 1 is 0.964 bits per heavy atom. The second-order valence-electron chi connectivity index (χ2n) is 6.47. The number of phenolic OH excluding ortho intramolecular Hbond substituents is 1. The zero-order valence-electron chi connectivity index (χ0n) is 15.0. The van der Waals surface area contributed by atoms with Crippen LogP contribution in [0.2, 0.25) is 5.02 Å². The molecule has 0 aromatic heterocycles. The van der Waals surface area contributed by atoms with E-state index in [2.05, 4.69) is 0 Å². The van der Waals surface area contributed by atoms with Crippen LogP contribution >= 0.6 is 11.6 Å². The van der Waals surface area contributed by atoms with Crippen molar-refractivity contribution in [2.45, 2.75) is 13.3 Å². The van der Waals surface area contributed by atoms with E-state index in [0.29, 0.717) is 10.8 Å². The molecule has 28 heavy (non-hydrogen) atoms. The summed E-state index contributed by atoms with van der Waals surface area (Å²) in [4.78, 5) is 25.9. The van der Waals surface area contributed by atoms with Gasteiger partial charge in [-0.25, -0.2) is 0 Å². The number of aryl methyl sites for hydroxylation is 1. The molecule has 3 N–H and O–H groups in total. The normalized spacial score (nSPS) is 12.5. The summed E-state index contributed by atoms with van der Waals surface area (Å²) in [6.45, 7) is 1.98. The molecule has 0 spiro atoms. The number of aromatic hydroxyl groups is 1. The van der Waals surface area contributed by atoms with Crippen LogP contribution in [0.4, 0.5) is 5.69 Å². The first-order chi connectivity index (χ1) is 13.4. The summed E-state index contributed by atoms with van der Waals surface area (Å²) in [6.07, 6.45) is 0.732. The van der Waals surface area contributed by atoms with E-state index in [4.69, 9.17) is 22.1 Å². The monoisotopic (exact) mass is 393 g/mol. The molecule has 3 aromatic rings. The minimum atomic E-state index is -0.481. The van der Waals surface area contributed by atoms with Crippen LogP contribution < -0.4 is 10.5 Å². The molecule has 1 aliphatic carbocycles. The Bertz CT molecular complexity index is 1150. The number of carbonyl (C=O) groups is 2. The molecule has 0 atom stereocenters. The number of anilines is 1. The number of para-hydroxylation sites is 1. The highest BCUT2D eigenvalue weighted by atomic mass is 35.5. The Morgan fingerprint density at radius 3 is 2.43 bits per heavy atom. The van der Waals surface area contributed by atoms with Crippen LogP contribution in [0.25, 0.3) is 0 Å². The molecule has 0 unspecified atom stereocenters. The fraction of sp³-hybridized carbons (Fsp3) is 0.0909. The number of hydrogen-bond acceptors (Lipinski definition) is 5. The van der Waals surface area contributed by atoms with Crippen LogP contribution in [0, 0.1) is 0 Å². The van der Waals surface area contributed by atoms with Crippen molar-refractivity contribution in [2.24, 2.45) is 0 Å². The predicted octanol–water partition coefficient (Wildman–Crippen LogP) is 4.76. The molecule has 5 nitrogen and oxygen atoms in total. The maximum Gasteiger partial charge on any atom is 0.198 e. The van der Waals surface area contributed by atoms with Gasteiger partial charge in [0.15, 0.2) is 17.3 Å². The second-order valence-corrected chi connectivity index (χ2v) is 6.91. The van der Waals surface area contributed by atoms with Gasteiger partial charge in [0.05, 0.1) is 16.8 Å². The molecule has 0 aliphatic heterocycles. The molecular weight excluding hydrogens is 378 g/mol. The molecule has 0 bridgehead atoms. The lowest BCUT2D eigenvalue weighted by atomic mass is 9.82. The van der Waals surface area contributed by atoms with Gasteiger partial charge in [0.2, 0.25) is 0 Å². The van der Waals surface area contributed by atoms with Gasteiger partial charge in [-0.15, -0.1) is 0 Å². The lowest BCUT2D eigenvalue weighted by Gasteiger charge is -2.22. The molecule has 0 saturated heterocycles. The molecule has 0 amide bonds. The smallest absolute Gasteiger partial charge is 0.198 e. The van der Waals surface area contributed by atoms with Gasteiger partial charge in [0.25, 0.3) is 0 Å². The SMILES string of the molecule is CCc1ccccc1Oc1cc(O)c2c(c1N)C(=O)c1cc(Cl)ccc1C2=O. The Morgan fingerprint density at radius 2 is 1.68 bits per heavy atom. The number of nitrogen functional groups attached to an aromatic ring is 1. The van der Waals surface area contributed by atoms with Crippen molar-refractivity contribution < 1.29 is 19.4 Å². The first kappa shape index (κ1) is 18.1. The number of ether oxygens (including phenoxy) is 1. The minimum absolute atomic E-state index is 0.00248. The first-order valence-electron chi connectivity index (χ1n) is 8.72. The van der Waals surface area contributed by atoms with Gasteiger partial charge < -0.3 is 15.6 Å². The maximum atomic E-state index is 13.0. The van der Waals surface area contributed by atoms with Crippen LogP contribution in [0.3, 0.4) is 0 Å². The van der Waals surface area contributed by atoms with Gasteiger partial charge >= 0.3 is 0 Å². The highest BCUT2D eigenvalue weighted by molar-refractivity contribution is 6.34. The average Bonchev–Trinajstić information content (AvgIpc) is 2.69. The fourth-order valence-electron chi connectivity index (χ4n) is 3.40. The zero-order valence-corrected chi connectivity index (χ0v) is 15.7. The number of ketones is 2. The first-order valence-corrected chi connectivity index (χ1v) is 9.10. The van der Waals surface area contributed by atoms with E-state index in [1.165, 1.54) is 24.3 Å². The molecule has 0 fully saturated rings. The van der Waals surface area contributed by atoms with Crippen molar-refractivity contribution in [2.75, 3.05) is 5.73 Å². The predicted molar refractivity (Wildman–Crippen MR) is 107 cm³/mol. The molecule has 6 heteroatoms. The second kappa shape index (κ2) is 6.69. The number of halogens is 1. The van der Waals surface area contributed by atoms with Crippen molar-refractivity contribution >= 4 is 28.9 Å². The Labute approximate surface area is 166 Å². The number of fused-ring (bicyclic) bond motifs is 2. The summed E-state index contributed by atoms with van der Waals surface area (Å²) in [5.74, 6) is -0.634. The van der Waals surface area contributed by atoms with Gasteiger partial charge in [-0.3, -0.25) is 9.59 Å². The van der Waals surface area contributed by atoms with Crippen LogP contribution in [0.15, 0.2) is 48.5 Å². The van der Waals surface area contributed by atoms with Crippen molar-refractivity contribution in [3.8, 4) is 17.2 Å². The third kappa shape index (κ3) is 2.72. The van der Waals surface area contributed by atoms with Crippen LogP contribution in [0.5, 0.6) is 17.2 Å². The third-order valence-corrected chi connectivity index (χ3v) is 5.04. The maximum absolute atomic E-state index is 13.0. The molecule has 0 saturated carbocycles. The summed E-state index contributed by atoms with van der Waals surface area (Å²) in [6, 6.07) is 13.1. The number of phenols is 1. The lowest BCUT2D eigenvalue weighted by molar-refractivity contribution is 0.0977. The van der Waals surface area contributed by atoms with Crippen molar-refractivity contribution in [1.29, 1.82) is 0 Å². The summed E-state index contributed by atoms with van der Waals surface area (Å²) < 4.78 is 5.90. The van der Waals surface area contributed by atoms with Gasteiger partial charge in [0, 0.05) is 22.2 Å². The summed E-state index contributed by atoms with van der Waals surface area (Å²) in [5.41, 5.74) is 7.32. The van der Waals surface area contributed by atoms with Crippen LogP contribution in [0.1, 0.15) is 44.3 Å². The number of nitrogens with two attached hydrogens (primary N) is 1. The van der Waals surface area contributed by atoms with Crippen molar-refractivity contribution in [3.05, 3.63) is 81.4 Å². The Balaban J connectivity index is 1.89. The summed E-state index contributed by atoms with van der Waals surface area (Å²) in [7, 11) is 0. The molecule has 0 radical (unpaired) electrons. The summed E-state index contributed by atoms with van der Waals surface area (Å²) >= 11 is 5.99. The minimum Gasteiger partial charge on any atom is -0.507 e. The topological polar surface area (TPSA) is 89.6 Å². The highest BCUT2D eigenvalue weighted by Crippen LogP contribution is 2.43. The molecular formula is C22H16ClNO4. The van der Waals surface area contributed by atoms with Crippen LogP contribution in [-0.2, 0) is 6.42 Å². The van der Waals surface area contributed by atoms with E-state index < -0.39 is 11.6 Å². The lowest BCUT2D eigenvalue weighted by Crippen LogP contribution is -2.23. The van der Waals surface area contributed by atoms with Gasteiger partial charge in [-0.2, -0.15) is 0 Å². The molecule has 140 valence electrons. The summed E-state index contributed by atoms with van der Waals surface area (Å²) in [5, 5.41) is 10.8. The van der Waals surface area contributed by atoms with Crippen LogP contribution in [-0.4, -0.2) is 16.7 Å². The van der Waals surface area contributed by atoms with Crippen molar-refractivity contribution in [3.63, 3.8) is 0 Å². The largest absolute Gasteiger partial charge is 0.507 e. The van der Waals surface area contributed by atoms with E-state index in [1.807, 2.05) is 25.1 Å². The highest BCUT2D eigenvalue weighted by Gasteiger charge is 2.35. The quantitative estimate of drug-likeness (QED) is 0.387. The number of benzene rings is 3. The Hall–Kier alpha value is -3.31. The van der Waals surface area contributed by atoms with E-state index in [1.54, 1.807) is 6.07 Å². The molecule has 0 heterocycles. The number of rotatable bonds is 3. The van der Waals surface area contributed by atoms with E-state index in [9.17, 15) is 14.7 Å². The van der Waals surface area contributed by atoms with Gasteiger partial charge in [-0.1, -0.05) is 36.7 Å². The zero-order chi connectivity index (χ0) is 20.0. The van der Waals surface area contributed by atoms with Gasteiger partial charge in [-0.05, 0) is 36.2 Å². The standard InChI is InChI=1S/C22H16ClNO4/c1-2-11-5-3-4-6-16(11)28-17-10-15(25)18-19(20(17)24)22(27)14-9-12(23)7-8-13(14)21(18)26/h3-10,25H,2,24H2,1H3. The molecule has 1 aliphatic rings. The van der Waals surface area contributed by atoms with Crippen molar-refractivity contribution in [1.82, 2.24) is 0 Å². The number of carbonyl (C=O) groups excluding carboxylic acids is 2. The van der Waals surface area contributed by atoms with E-state index >= 15 is 0 Å². The van der Waals surface area contributed by atoms with Gasteiger partial charge in [0.1, 0.15) is 11.5 Å². The van der Waals surface area contributed by atoms with E-state index in [-0.39, 0.29) is 39.4 Å². The van der Waals surface area contributed by atoms with E-state index in [0.717, 1.165) is 12.0 Å². The Kier molecular flexibility index (Phi) is 4.32. The number of hydrogen-bond donors (Lipinski definition) is 2. The molecule has 3 aromatic carbocycles. The third-order valence-electron chi connectivity index (χ3n) is 4.81. The average molecular weight is 394 g/mol. The molecule has 4 rings (SSSR count).